The Bertz CT molecular complexity index is 533. The summed E-state index contributed by atoms with van der Waals surface area (Å²) >= 11 is 1.43. The molecule has 0 radical (unpaired) electrons. The maximum Gasteiger partial charge on any atom is 0.303 e. The molecule has 0 saturated carbocycles. The number of carbonyl (C=O) groups is 2. The van der Waals surface area contributed by atoms with Crippen LogP contribution in [-0.4, -0.2) is 49.4 Å². The Labute approximate surface area is 129 Å². The molecule has 114 valence electrons. The summed E-state index contributed by atoms with van der Waals surface area (Å²) in [6.07, 6.45) is 0.201. The number of nitrogens with zero attached hydrogens (tertiary/aromatic N) is 2. The van der Waals surface area contributed by atoms with Crippen LogP contribution in [0.1, 0.15) is 13.3 Å². The number of thioether (sulfide) groups is 1. The fourth-order valence-electron chi connectivity index (χ4n) is 2.15. The van der Waals surface area contributed by atoms with E-state index in [0.717, 1.165) is 17.1 Å². The van der Waals surface area contributed by atoms with Crippen LogP contribution in [0.15, 0.2) is 29.2 Å². The Morgan fingerprint density at radius 3 is 2.81 bits per heavy atom. The zero-order valence-electron chi connectivity index (χ0n) is 12.5. The van der Waals surface area contributed by atoms with Gasteiger partial charge < -0.3 is 14.5 Å². The first kappa shape index (κ1) is 15.9. The van der Waals surface area contributed by atoms with Gasteiger partial charge in [0.05, 0.1) is 12.1 Å². The van der Waals surface area contributed by atoms with E-state index in [4.69, 9.17) is 4.74 Å². The first-order chi connectivity index (χ1) is 9.97. The molecule has 1 amide bonds. The highest BCUT2D eigenvalue weighted by molar-refractivity contribution is 8.00. The minimum absolute atomic E-state index is 0.0134. The average molecular weight is 308 g/mol. The summed E-state index contributed by atoms with van der Waals surface area (Å²) in [5.41, 5.74) is 0.435. The second kappa shape index (κ2) is 6.95. The summed E-state index contributed by atoms with van der Waals surface area (Å²) in [5, 5.41) is 0. The van der Waals surface area contributed by atoms with Crippen LogP contribution in [0.5, 0.6) is 0 Å². The zero-order chi connectivity index (χ0) is 15.4. The molecule has 0 fully saturated rings. The van der Waals surface area contributed by atoms with Crippen LogP contribution in [0.4, 0.5) is 5.69 Å². The Morgan fingerprint density at radius 1 is 1.43 bits per heavy atom. The van der Waals surface area contributed by atoms with E-state index in [-0.39, 0.29) is 18.3 Å². The Morgan fingerprint density at radius 2 is 2.14 bits per heavy atom. The minimum atomic E-state index is -0.458. The van der Waals surface area contributed by atoms with Crippen LogP contribution in [-0.2, 0) is 14.3 Å². The van der Waals surface area contributed by atoms with Crippen LogP contribution in [0.2, 0.25) is 0 Å². The van der Waals surface area contributed by atoms with Gasteiger partial charge >= 0.3 is 5.97 Å². The van der Waals surface area contributed by atoms with Gasteiger partial charge in [-0.15, -0.1) is 0 Å². The number of anilines is 1. The van der Waals surface area contributed by atoms with Crippen LogP contribution in [0.25, 0.3) is 0 Å². The van der Waals surface area contributed by atoms with Gasteiger partial charge in [0.25, 0.3) is 0 Å². The number of amides is 1. The van der Waals surface area contributed by atoms with E-state index in [1.54, 1.807) is 4.90 Å². The Hall–Kier alpha value is -1.53. The van der Waals surface area contributed by atoms with Gasteiger partial charge in [-0.1, -0.05) is 23.9 Å². The standard InChI is InChI=1S/C15H20N2O3S/c1-11(18)20-15-10-14(19)17(9-8-16(2)3)12-6-4-5-7-13(12)21-15/h4-7,15H,8-10H2,1-3H3. The van der Waals surface area contributed by atoms with Crippen LogP contribution >= 0.6 is 11.8 Å². The van der Waals surface area contributed by atoms with Crippen molar-refractivity contribution in [3.8, 4) is 0 Å². The molecule has 6 heteroatoms. The van der Waals surface area contributed by atoms with E-state index in [1.165, 1.54) is 18.7 Å². The van der Waals surface area contributed by atoms with E-state index >= 15 is 0 Å². The molecule has 5 nitrogen and oxygen atoms in total. The Balaban J connectivity index is 2.26. The molecule has 1 aromatic carbocycles. The third-order valence-corrected chi connectivity index (χ3v) is 4.25. The molecule has 2 rings (SSSR count). The number of hydrogen-bond donors (Lipinski definition) is 0. The lowest BCUT2D eigenvalue weighted by atomic mass is 10.2. The molecule has 0 aliphatic carbocycles. The molecule has 0 spiro atoms. The highest BCUT2D eigenvalue weighted by Gasteiger charge is 2.29. The Kier molecular flexibility index (Phi) is 5.25. The monoisotopic (exact) mass is 308 g/mol. The topological polar surface area (TPSA) is 49.9 Å². The summed E-state index contributed by atoms with van der Waals surface area (Å²) in [6.45, 7) is 2.77. The average Bonchev–Trinajstić information content (AvgIpc) is 2.51. The number of rotatable bonds is 4. The summed E-state index contributed by atoms with van der Waals surface area (Å²) < 4.78 is 5.24. The quantitative estimate of drug-likeness (QED) is 0.796. The molecule has 1 unspecified atom stereocenters. The predicted octanol–water partition coefficient (Wildman–Crippen LogP) is 1.97. The molecule has 1 heterocycles. The molecule has 0 aromatic heterocycles. The fraction of sp³-hybridized carbons (Fsp3) is 0.467. The third kappa shape index (κ3) is 4.22. The fourth-order valence-corrected chi connectivity index (χ4v) is 3.30. The predicted molar refractivity (Wildman–Crippen MR) is 83.4 cm³/mol. The van der Waals surface area contributed by atoms with Crippen LogP contribution in [0.3, 0.4) is 0 Å². The zero-order valence-corrected chi connectivity index (χ0v) is 13.4. The van der Waals surface area contributed by atoms with Gasteiger partial charge in [-0.2, -0.15) is 0 Å². The molecule has 1 aromatic rings. The van der Waals surface area contributed by atoms with Crippen molar-refractivity contribution < 1.29 is 14.3 Å². The molecule has 0 saturated heterocycles. The van der Waals surface area contributed by atoms with Gasteiger partial charge in [-0.25, -0.2) is 0 Å². The molecular formula is C15H20N2O3S. The molecule has 21 heavy (non-hydrogen) atoms. The SMILES string of the molecule is CC(=O)OC1CC(=O)N(CCN(C)C)c2ccccc2S1. The number of ether oxygens (including phenoxy) is 1. The molecule has 1 aliphatic heterocycles. The molecular weight excluding hydrogens is 288 g/mol. The largest absolute Gasteiger partial charge is 0.451 e. The van der Waals surface area contributed by atoms with Gasteiger partial charge in [-0.3, -0.25) is 9.59 Å². The van der Waals surface area contributed by atoms with Crippen LogP contribution in [0, 0.1) is 0 Å². The molecule has 1 aliphatic rings. The van der Waals surface area contributed by atoms with Crippen molar-refractivity contribution in [2.24, 2.45) is 0 Å². The first-order valence-corrected chi connectivity index (χ1v) is 7.73. The lowest BCUT2D eigenvalue weighted by molar-refractivity contribution is -0.143. The number of fused-ring (bicyclic) bond motifs is 1. The smallest absolute Gasteiger partial charge is 0.303 e. The maximum atomic E-state index is 12.5. The second-order valence-electron chi connectivity index (χ2n) is 5.18. The highest BCUT2D eigenvalue weighted by atomic mass is 32.2. The number of hydrogen-bond acceptors (Lipinski definition) is 5. The normalized spacial score (nSPS) is 18.4. The molecule has 1 atom stereocenters. The van der Waals surface area contributed by atoms with Gasteiger partial charge in [0, 0.05) is 24.9 Å². The van der Waals surface area contributed by atoms with Crippen molar-refractivity contribution in [1.29, 1.82) is 0 Å². The van der Waals surface area contributed by atoms with E-state index in [9.17, 15) is 9.59 Å². The number of benzene rings is 1. The number of esters is 1. The van der Waals surface area contributed by atoms with Crippen molar-refractivity contribution in [3.63, 3.8) is 0 Å². The van der Waals surface area contributed by atoms with Gasteiger partial charge in [0.1, 0.15) is 0 Å². The van der Waals surface area contributed by atoms with Crippen molar-refractivity contribution in [2.45, 2.75) is 23.7 Å². The number of carbonyl (C=O) groups excluding carboxylic acids is 2. The van der Waals surface area contributed by atoms with Crippen LogP contribution < -0.4 is 4.90 Å². The van der Waals surface area contributed by atoms with E-state index in [0.29, 0.717) is 6.54 Å². The van der Waals surface area contributed by atoms with E-state index in [1.807, 2.05) is 43.3 Å². The van der Waals surface area contributed by atoms with Gasteiger partial charge in [-0.05, 0) is 26.2 Å². The van der Waals surface area contributed by atoms with E-state index < -0.39 is 5.44 Å². The number of para-hydroxylation sites is 1. The van der Waals surface area contributed by atoms with Gasteiger partial charge in [0.15, 0.2) is 5.44 Å². The summed E-state index contributed by atoms with van der Waals surface area (Å²) in [5.74, 6) is -0.375. The third-order valence-electron chi connectivity index (χ3n) is 3.13. The molecule has 0 N–H and O–H groups in total. The summed E-state index contributed by atoms with van der Waals surface area (Å²) in [6, 6.07) is 7.74. The lowest BCUT2D eigenvalue weighted by Gasteiger charge is -2.24. The second-order valence-corrected chi connectivity index (χ2v) is 6.38. The summed E-state index contributed by atoms with van der Waals surface area (Å²) in [4.78, 5) is 28.4. The first-order valence-electron chi connectivity index (χ1n) is 6.85. The lowest BCUT2D eigenvalue weighted by Crippen LogP contribution is -2.37. The van der Waals surface area contributed by atoms with Crippen molar-refractivity contribution in [3.05, 3.63) is 24.3 Å². The van der Waals surface area contributed by atoms with E-state index in [2.05, 4.69) is 0 Å². The van der Waals surface area contributed by atoms with Gasteiger partial charge in [0.2, 0.25) is 5.91 Å². The van der Waals surface area contributed by atoms with Crippen molar-refractivity contribution in [2.75, 3.05) is 32.1 Å². The van der Waals surface area contributed by atoms with Crippen molar-refractivity contribution >= 4 is 29.3 Å². The highest BCUT2D eigenvalue weighted by Crippen LogP contribution is 2.38. The number of likely N-dealkylation sites (N-methyl/N-ethyl adjacent to an activating group) is 1. The minimum Gasteiger partial charge on any atom is -0.451 e. The summed E-state index contributed by atoms with van der Waals surface area (Å²) in [7, 11) is 3.95. The molecule has 0 bridgehead atoms. The maximum absolute atomic E-state index is 12.5. The van der Waals surface area contributed by atoms with Crippen molar-refractivity contribution in [1.82, 2.24) is 4.90 Å².